The largest absolute Gasteiger partial charge is 0.508 e. The van der Waals surface area contributed by atoms with Crippen molar-refractivity contribution in [1.29, 1.82) is 0 Å². The minimum atomic E-state index is -0.260. The first-order chi connectivity index (χ1) is 8.49. The molecular weight excluding hydrogens is 298 g/mol. The standard InChI is InChI=1S/C13H12BrNO3/c1-7-6-11(16)8(2)5-10(7)15-13(17)9-3-4-18-12(9)14/h3-6,16H,1-2H3,(H,15,17). The highest BCUT2D eigenvalue weighted by atomic mass is 79.9. The van der Waals surface area contributed by atoms with Crippen LogP contribution in [-0.4, -0.2) is 11.0 Å². The number of nitrogens with one attached hydrogen (secondary N) is 1. The molecule has 0 saturated carbocycles. The number of halogens is 1. The van der Waals surface area contributed by atoms with Crippen molar-refractivity contribution in [1.82, 2.24) is 0 Å². The summed E-state index contributed by atoms with van der Waals surface area (Å²) in [4.78, 5) is 12.0. The molecule has 1 aromatic carbocycles. The molecule has 1 heterocycles. The maximum atomic E-state index is 12.0. The third kappa shape index (κ3) is 2.41. The molecule has 0 spiro atoms. The molecule has 2 rings (SSSR count). The van der Waals surface area contributed by atoms with E-state index >= 15 is 0 Å². The molecule has 0 aliphatic rings. The molecule has 0 saturated heterocycles. The fourth-order valence-electron chi connectivity index (χ4n) is 1.58. The number of aryl methyl sites for hydroxylation is 2. The van der Waals surface area contributed by atoms with E-state index in [9.17, 15) is 9.90 Å². The quantitative estimate of drug-likeness (QED) is 0.833. The average Bonchev–Trinajstić information content (AvgIpc) is 2.72. The molecule has 0 atom stereocenters. The molecule has 4 nitrogen and oxygen atoms in total. The number of phenols is 1. The van der Waals surface area contributed by atoms with Crippen LogP contribution in [0.2, 0.25) is 0 Å². The third-order valence-corrected chi connectivity index (χ3v) is 3.27. The summed E-state index contributed by atoms with van der Waals surface area (Å²) in [6, 6.07) is 4.94. The number of amides is 1. The van der Waals surface area contributed by atoms with Gasteiger partial charge in [-0.15, -0.1) is 0 Å². The molecule has 2 N–H and O–H groups in total. The van der Waals surface area contributed by atoms with Gasteiger partial charge in [-0.3, -0.25) is 4.79 Å². The lowest BCUT2D eigenvalue weighted by atomic mass is 10.1. The number of furan rings is 1. The summed E-state index contributed by atoms with van der Waals surface area (Å²) in [6.45, 7) is 3.59. The van der Waals surface area contributed by atoms with Crippen molar-refractivity contribution in [2.75, 3.05) is 5.32 Å². The van der Waals surface area contributed by atoms with Gasteiger partial charge in [-0.2, -0.15) is 0 Å². The van der Waals surface area contributed by atoms with Crippen LogP contribution >= 0.6 is 15.9 Å². The van der Waals surface area contributed by atoms with Crippen molar-refractivity contribution >= 4 is 27.5 Å². The van der Waals surface area contributed by atoms with E-state index in [0.717, 1.165) is 5.56 Å². The minimum absolute atomic E-state index is 0.218. The number of carbonyl (C=O) groups excluding carboxylic acids is 1. The summed E-state index contributed by atoms with van der Waals surface area (Å²) in [5, 5.41) is 12.3. The predicted molar refractivity (Wildman–Crippen MR) is 71.9 cm³/mol. The molecule has 94 valence electrons. The van der Waals surface area contributed by atoms with Crippen LogP contribution in [0.5, 0.6) is 5.75 Å². The van der Waals surface area contributed by atoms with Crippen LogP contribution in [-0.2, 0) is 0 Å². The summed E-state index contributed by atoms with van der Waals surface area (Å²) in [7, 11) is 0. The molecule has 0 radical (unpaired) electrons. The molecule has 0 fully saturated rings. The maximum Gasteiger partial charge on any atom is 0.260 e. The van der Waals surface area contributed by atoms with E-state index in [2.05, 4.69) is 21.2 Å². The van der Waals surface area contributed by atoms with Crippen LogP contribution in [0, 0.1) is 13.8 Å². The van der Waals surface area contributed by atoms with Gasteiger partial charge in [0.2, 0.25) is 0 Å². The summed E-state index contributed by atoms with van der Waals surface area (Å²) in [6.07, 6.45) is 1.44. The van der Waals surface area contributed by atoms with E-state index in [4.69, 9.17) is 4.42 Å². The molecule has 0 aliphatic heterocycles. The zero-order chi connectivity index (χ0) is 13.3. The Hall–Kier alpha value is -1.75. The molecule has 2 aromatic rings. The van der Waals surface area contributed by atoms with Gasteiger partial charge in [0.1, 0.15) is 5.75 Å². The van der Waals surface area contributed by atoms with Crippen molar-refractivity contribution in [2.45, 2.75) is 13.8 Å². The number of rotatable bonds is 2. The second-order valence-electron chi connectivity index (χ2n) is 4.02. The molecule has 0 unspecified atom stereocenters. The number of benzene rings is 1. The average molecular weight is 310 g/mol. The van der Waals surface area contributed by atoms with Gasteiger partial charge >= 0.3 is 0 Å². The lowest BCUT2D eigenvalue weighted by molar-refractivity contribution is 0.102. The summed E-state index contributed by atoms with van der Waals surface area (Å²) < 4.78 is 5.41. The number of carbonyl (C=O) groups is 1. The maximum absolute atomic E-state index is 12.0. The van der Waals surface area contributed by atoms with Crippen LogP contribution in [0.15, 0.2) is 33.5 Å². The van der Waals surface area contributed by atoms with Crippen molar-refractivity contribution < 1.29 is 14.3 Å². The molecule has 5 heteroatoms. The van der Waals surface area contributed by atoms with Crippen molar-refractivity contribution in [2.24, 2.45) is 0 Å². The van der Waals surface area contributed by atoms with Crippen LogP contribution in [0.4, 0.5) is 5.69 Å². The Kier molecular flexibility index (Phi) is 3.43. The van der Waals surface area contributed by atoms with E-state index in [-0.39, 0.29) is 11.7 Å². The molecule has 0 bridgehead atoms. The smallest absolute Gasteiger partial charge is 0.260 e. The fourth-order valence-corrected chi connectivity index (χ4v) is 2.00. The van der Waals surface area contributed by atoms with Gasteiger partial charge in [-0.1, -0.05) is 0 Å². The zero-order valence-corrected chi connectivity index (χ0v) is 11.5. The van der Waals surface area contributed by atoms with Crippen molar-refractivity contribution in [3.8, 4) is 5.75 Å². The normalized spacial score (nSPS) is 10.4. The molecular formula is C13H12BrNO3. The highest BCUT2D eigenvalue weighted by Crippen LogP contribution is 2.26. The Balaban J connectivity index is 2.28. The van der Waals surface area contributed by atoms with E-state index in [1.807, 2.05) is 6.92 Å². The molecule has 1 amide bonds. The Morgan fingerprint density at radius 1 is 1.33 bits per heavy atom. The van der Waals surface area contributed by atoms with E-state index in [1.54, 1.807) is 25.1 Å². The first kappa shape index (κ1) is 12.7. The topological polar surface area (TPSA) is 62.5 Å². The lowest BCUT2D eigenvalue weighted by Crippen LogP contribution is -2.12. The van der Waals surface area contributed by atoms with Gasteiger partial charge in [0.15, 0.2) is 4.67 Å². The van der Waals surface area contributed by atoms with Crippen LogP contribution < -0.4 is 5.32 Å². The minimum Gasteiger partial charge on any atom is -0.508 e. The molecule has 1 aromatic heterocycles. The lowest BCUT2D eigenvalue weighted by Gasteiger charge is -2.10. The zero-order valence-electron chi connectivity index (χ0n) is 9.95. The van der Waals surface area contributed by atoms with E-state index < -0.39 is 0 Å². The number of phenolic OH excluding ortho intramolecular Hbond substituents is 1. The van der Waals surface area contributed by atoms with Gasteiger partial charge in [0.25, 0.3) is 5.91 Å². The summed E-state index contributed by atoms with van der Waals surface area (Å²) in [5.74, 6) is -0.0428. The van der Waals surface area contributed by atoms with Gasteiger partial charge in [0, 0.05) is 5.69 Å². The monoisotopic (exact) mass is 309 g/mol. The van der Waals surface area contributed by atoms with Crippen LogP contribution in [0.25, 0.3) is 0 Å². The Morgan fingerprint density at radius 2 is 2.06 bits per heavy atom. The van der Waals surface area contributed by atoms with E-state index in [1.165, 1.54) is 6.26 Å². The molecule has 18 heavy (non-hydrogen) atoms. The number of aromatic hydroxyl groups is 1. The summed E-state index contributed by atoms with van der Waals surface area (Å²) >= 11 is 3.16. The number of hydrogen-bond acceptors (Lipinski definition) is 3. The summed E-state index contributed by atoms with van der Waals surface area (Å²) in [5.41, 5.74) is 2.61. The number of hydrogen-bond donors (Lipinski definition) is 2. The molecule has 0 aliphatic carbocycles. The fraction of sp³-hybridized carbons (Fsp3) is 0.154. The first-order valence-electron chi connectivity index (χ1n) is 5.33. The second kappa shape index (κ2) is 4.86. The first-order valence-corrected chi connectivity index (χ1v) is 6.13. The van der Waals surface area contributed by atoms with Crippen molar-refractivity contribution in [3.05, 3.63) is 45.8 Å². The number of anilines is 1. The SMILES string of the molecule is Cc1cc(NC(=O)c2ccoc2Br)c(C)cc1O. The second-order valence-corrected chi connectivity index (χ2v) is 4.74. The van der Waals surface area contributed by atoms with Gasteiger partial charge in [-0.05, 0) is 59.1 Å². The highest BCUT2D eigenvalue weighted by Gasteiger charge is 2.14. The van der Waals surface area contributed by atoms with Gasteiger partial charge < -0.3 is 14.8 Å². The van der Waals surface area contributed by atoms with Crippen molar-refractivity contribution in [3.63, 3.8) is 0 Å². The van der Waals surface area contributed by atoms with Crippen LogP contribution in [0.1, 0.15) is 21.5 Å². The predicted octanol–water partition coefficient (Wildman–Crippen LogP) is 3.62. The van der Waals surface area contributed by atoms with Crippen LogP contribution in [0.3, 0.4) is 0 Å². The third-order valence-electron chi connectivity index (χ3n) is 2.65. The highest BCUT2D eigenvalue weighted by molar-refractivity contribution is 9.10. The van der Waals surface area contributed by atoms with E-state index in [0.29, 0.717) is 21.5 Å². The Labute approximate surface area is 113 Å². The van der Waals surface area contributed by atoms with Gasteiger partial charge in [0.05, 0.1) is 11.8 Å². The Bertz CT molecular complexity index is 604. The van der Waals surface area contributed by atoms with Gasteiger partial charge in [-0.25, -0.2) is 0 Å². The Morgan fingerprint density at radius 3 is 2.67 bits per heavy atom.